The van der Waals surface area contributed by atoms with Gasteiger partial charge in [-0.05, 0) is 61.9 Å². The highest BCUT2D eigenvalue weighted by molar-refractivity contribution is 6.30. The number of carbonyl (C=O) groups excluding carboxylic acids is 1. The Labute approximate surface area is 149 Å². The van der Waals surface area contributed by atoms with Gasteiger partial charge in [-0.3, -0.25) is 4.79 Å². The van der Waals surface area contributed by atoms with Gasteiger partial charge in [-0.15, -0.1) is 0 Å². The summed E-state index contributed by atoms with van der Waals surface area (Å²) >= 11 is 6.01. The molecule has 2 aliphatic rings. The number of halogens is 1. The first kappa shape index (κ1) is 17.7. The van der Waals surface area contributed by atoms with E-state index in [1.165, 1.54) is 12.8 Å². The van der Waals surface area contributed by atoms with Crippen LogP contribution in [0.3, 0.4) is 0 Å². The van der Waals surface area contributed by atoms with E-state index in [9.17, 15) is 9.90 Å². The van der Waals surface area contributed by atoms with Crippen LogP contribution in [0.15, 0.2) is 24.3 Å². The number of hydrogen-bond acceptors (Lipinski definition) is 3. The molecule has 2 fully saturated rings. The number of carbonyl (C=O) groups is 1. The second-order valence-corrected chi connectivity index (χ2v) is 7.82. The Hall–Kier alpha value is -1.10. The molecule has 1 saturated carbocycles. The van der Waals surface area contributed by atoms with Gasteiger partial charge in [0, 0.05) is 24.0 Å². The average molecular weight is 351 g/mol. The molecule has 2 N–H and O–H groups in total. The topological polar surface area (TPSA) is 52.6 Å². The normalized spacial score (nSPS) is 26.1. The number of nitrogens with zero attached hydrogens (tertiary/aromatic N) is 1. The maximum absolute atomic E-state index is 12.2. The van der Waals surface area contributed by atoms with Crippen molar-refractivity contribution in [3.8, 4) is 0 Å². The Morgan fingerprint density at radius 3 is 2.88 bits per heavy atom. The summed E-state index contributed by atoms with van der Waals surface area (Å²) < 4.78 is 0. The van der Waals surface area contributed by atoms with E-state index in [4.69, 9.17) is 11.6 Å². The predicted octanol–water partition coefficient (Wildman–Crippen LogP) is 2.65. The molecule has 0 unspecified atom stereocenters. The van der Waals surface area contributed by atoms with Crippen LogP contribution in [-0.2, 0) is 4.79 Å². The van der Waals surface area contributed by atoms with E-state index in [0.717, 1.165) is 31.0 Å². The number of benzene rings is 1. The number of aliphatic hydroxyl groups excluding tert-OH is 1. The first-order valence-corrected chi connectivity index (χ1v) is 9.34. The molecule has 0 spiro atoms. The quantitative estimate of drug-likeness (QED) is 0.829. The third-order valence-electron chi connectivity index (χ3n) is 5.26. The third-order valence-corrected chi connectivity index (χ3v) is 5.50. The number of piperidine rings is 1. The molecule has 1 aromatic carbocycles. The Morgan fingerprint density at radius 2 is 2.17 bits per heavy atom. The molecular weight excluding hydrogens is 324 g/mol. The first-order chi connectivity index (χ1) is 11.5. The number of hydrogen-bond donors (Lipinski definition) is 2. The van der Waals surface area contributed by atoms with E-state index in [0.29, 0.717) is 18.1 Å². The van der Waals surface area contributed by atoms with Crippen molar-refractivity contribution in [2.24, 2.45) is 11.8 Å². The maximum atomic E-state index is 12.2. The van der Waals surface area contributed by atoms with Crippen LogP contribution < -0.4 is 5.32 Å². The van der Waals surface area contributed by atoms with Gasteiger partial charge in [0.1, 0.15) is 0 Å². The number of β-amino-alcohol motifs (C(OH)–C–C–N with tert-alkyl or cyclic N) is 1. The van der Waals surface area contributed by atoms with E-state index in [-0.39, 0.29) is 17.7 Å². The first-order valence-electron chi connectivity index (χ1n) is 8.96. The van der Waals surface area contributed by atoms with Crippen LogP contribution in [0, 0.1) is 11.8 Å². The minimum atomic E-state index is -0.495. The Morgan fingerprint density at radius 1 is 1.42 bits per heavy atom. The minimum absolute atomic E-state index is 0.0199. The van der Waals surface area contributed by atoms with E-state index in [1.807, 2.05) is 24.3 Å². The molecule has 3 rings (SSSR count). The van der Waals surface area contributed by atoms with Crippen molar-refractivity contribution < 1.29 is 9.90 Å². The summed E-state index contributed by atoms with van der Waals surface area (Å²) in [6.07, 6.45) is 2.77. The fourth-order valence-corrected chi connectivity index (χ4v) is 3.75. The molecule has 0 radical (unpaired) electrons. The summed E-state index contributed by atoms with van der Waals surface area (Å²) in [6.45, 7) is 5.36. The molecule has 24 heavy (non-hydrogen) atoms. The van der Waals surface area contributed by atoms with Crippen LogP contribution in [0.2, 0.25) is 5.02 Å². The lowest BCUT2D eigenvalue weighted by atomic mass is 9.99. The summed E-state index contributed by atoms with van der Waals surface area (Å²) in [7, 11) is 0. The lowest BCUT2D eigenvalue weighted by Gasteiger charge is -2.31. The van der Waals surface area contributed by atoms with Crippen molar-refractivity contribution in [2.75, 3.05) is 26.2 Å². The zero-order chi connectivity index (χ0) is 17.1. The predicted molar refractivity (Wildman–Crippen MR) is 96.2 cm³/mol. The van der Waals surface area contributed by atoms with E-state index in [1.54, 1.807) is 0 Å². The smallest absolute Gasteiger partial charge is 0.223 e. The van der Waals surface area contributed by atoms with Gasteiger partial charge in [-0.2, -0.15) is 0 Å². The van der Waals surface area contributed by atoms with Gasteiger partial charge in [-0.1, -0.05) is 30.7 Å². The molecule has 4 nitrogen and oxygen atoms in total. The highest BCUT2D eigenvalue weighted by Crippen LogP contribution is 2.47. The molecule has 0 bridgehead atoms. The van der Waals surface area contributed by atoms with E-state index in [2.05, 4.69) is 17.1 Å². The van der Waals surface area contributed by atoms with Crippen LogP contribution in [-0.4, -0.2) is 48.2 Å². The second kappa shape index (κ2) is 7.85. The number of nitrogens with one attached hydrogen (secondary N) is 1. The van der Waals surface area contributed by atoms with Crippen molar-refractivity contribution >= 4 is 17.5 Å². The Kier molecular flexibility index (Phi) is 5.80. The van der Waals surface area contributed by atoms with Crippen LogP contribution in [0.5, 0.6) is 0 Å². The molecular formula is C19H27ClN2O2. The summed E-state index contributed by atoms with van der Waals surface area (Å²) in [5.74, 6) is 1.12. The van der Waals surface area contributed by atoms with Crippen molar-refractivity contribution in [3.63, 3.8) is 0 Å². The highest BCUT2D eigenvalue weighted by atomic mass is 35.5. The Bertz CT molecular complexity index is 572. The maximum Gasteiger partial charge on any atom is 0.223 e. The zero-order valence-electron chi connectivity index (χ0n) is 14.2. The number of aliphatic hydroxyl groups is 1. The van der Waals surface area contributed by atoms with Gasteiger partial charge in [-0.25, -0.2) is 0 Å². The van der Waals surface area contributed by atoms with Crippen molar-refractivity contribution in [3.05, 3.63) is 34.9 Å². The minimum Gasteiger partial charge on any atom is -0.390 e. The summed E-state index contributed by atoms with van der Waals surface area (Å²) in [5.41, 5.74) is 1.13. The fourth-order valence-electron chi connectivity index (χ4n) is 3.55. The SMILES string of the molecule is CC1CCN(C[C@H](O)CNC(=O)[C@H]2C[C@@H]2c2cccc(Cl)c2)CC1. The molecule has 1 saturated heterocycles. The van der Waals surface area contributed by atoms with Crippen LogP contribution >= 0.6 is 11.6 Å². The van der Waals surface area contributed by atoms with Gasteiger partial charge >= 0.3 is 0 Å². The monoisotopic (exact) mass is 350 g/mol. The zero-order valence-corrected chi connectivity index (χ0v) is 15.0. The summed E-state index contributed by atoms with van der Waals surface area (Å²) in [5, 5.41) is 13.8. The van der Waals surface area contributed by atoms with Crippen molar-refractivity contribution in [1.29, 1.82) is 0 Å². The van der Waals surface area contributed by atoms with Gasteiger partial charge < -0.3 is 15.3 Å². The molecule has 1 heterocycles. The average Bonchev–Trinajstić information content (AvgIpc) is 3.36. The van der Waals surface area contributed by atoms with Crippen LogP contribution in [0.4, 0.5) is 0 Å². The van der Waals surface area contributed by atoms with Gasteiger partial charge in [0.2, 0.25) is 5.91 Å². The summed E-state index contributed by atoms with van der Waals surface area (Å²) in [6, 6.07) is 7.73. The molecule has 0 aromatic heterocycles. The lowest BCUT2D eigenvalue weighted by Crippen LogP contribution is -2.43. The molecule has 1 aliphatic carbocycles. The van der Waals surface area contributed by atoms with Gasteiger partial charge in [0.05, 0.1) is 6.10 Å². The summed E-state index contributed by atoms with van der Waals surface area (Å²) in [4.78, 5) is 14.5. The van der Waals surface area contributed by atoms with E-state index >= 15 is 0 Å². The van der Waals surface area contributed by atoms with Gasteiger partial charge in [0.15, 0.2) is 0 Å². The lowest BCUT2D eigenvalue weighted by molar-refractivity contribution is -0.122. The fraction of sp³-hybridized carbons (Fsp3) is 0.632. The highest BCUT2D eigenvalue weighted by Gasteiger charge is 2.43. The number of rotatable bonds is 6. The standard InChI is InChI=1S/C19H27ClN2O2/c1-13-5-7-22(8-6-13)12-16(23)11-21-19(24)18-10-17(18)14-3-2-4-15(20)9-14/h2-4,9,13,16-18,23H,5-8,10-12H2,1H3,(H,21,24)/t16-,17-,18+/m1/s1. The van der Waals surface area contributed by atoms with Crippen LogP contribution in [0.1, 0.15) is 37.7 Å². The molecule has 132 valence electrons. The number of amides is 1. The molecule has 1 amide bonds. The second-order valence-electron chi connectivity index (χ2n) is 7.39. The molecule has 1 aliphatic heterocycles. The molecule has 5 heteroatoms. The van der Waals surface area contributed by atoms with Gasteiger partial charge in [0.25, 0.3) is 0 Å². The van der Waals surface area contributed by atoms with Crippen molar-refractivity contribution in [2.45, 2.75) is 38.2 Å². The van der Waals surface area contributed by atoms with E-state index < -0.39 is 6.10 Å². The molecule has 1 aromatic rings. The Balaban J connectivity index is 1.38. The largest absolute Gasteiger partial charge is 0.390 e. The third kappa shape index (κ3) is 4.71. The van der Waals surface area contributed by atoms with Crippen LogP contribution in [0.25, 0.3) is 0 Å². The molecule has 3 atom stereocenters. The van der Waals surface area contributed by atoms with Crippen molar-refractivity contribution in [1.82, 2.24) is 10.2 Å². The number of likely N-dealkylation sites (tertiary alicyclic amines) is 1.